The average molecular weight is 423 g/mol. The number of nitrogens with two attached hydrogens (primary N) is 1. The molecule has 0 spiro atoms. The summed E-state index contributed by atoms with van der Waals surface area (Å²) in [6.45, 7) is 0. The lowest BCUT2D eigenvalue weighted by molar-refractivity contribution is 0.414. The van der Waals surface area contributed by atoms with Gasteiger partial charge in [-0.15, -0.1) is 0 Å². The minimum absolute atomic E-state index is 0.0985. The number of nitrogens with one attached hydrogen (secondary N) is 1. The second-order valence-corrected chi connectivity index (χ2v) is 7.08. The summed E-state index contributed by atoms with van der Waals surface area (Å²) in [5.41, 5.74) is 7.41. The standard InChI is InChI=1S/C20H18FN7OS/c1-29-16-4-2-3-15(11-16)28-10-9-23-20(28)30-12-17-25-18(22)27-19(26-17)24-14-7-5-13(21)6-8-14/h2-11H,12H2,1H3,(H3,22,24,25,26,27). The van der Waals surface area contributed by atoms with Crippen LogP contribution in [0.4, 0.5) is 22.0 Å². The van der Waals surface area contributed by atoms with E-state index < -0.39 is 0 Å². The minimum atomic E-state index is -0.320. The summed E-state index contributed by atoms with van der Waals surface area (Å²) in [6, 6.07) is 13.6. The zero-order valence-corrected chi connectivity index (χ0v) is 16.8. The van der Waals surface area contributed by atoms with Gasteiger partial charge in [-0.2, -0.15) is 15.0 Å². The van der Waals surface area contributed by atoms with Gasteiger partial charge < -0.3 is 15.8 Å². The highest BCUT2D eigenvalue weighted by Crippen LogP contribution is 2.25. The van der Waals surface area contributed by atoms with Crippen molar-refractivity contribution in [3.05, 3.63) is 72.6 Å². The van der Waals surface area contributed by atoms with Crippen molar-refractivity contribution in [2.24, 2.45) is 0 Å². The Morgan fingerprint density at radius 3 is 2.77 bits per heavy atom. The van der Waals surface area contributed by atoms with E-state index in [0.29, 0.717) is 23.2 Å². The van der Waals surface area contributed by atoms with E-state index >= 15 is 0 Å². The van der Waals surface area contributed by atoms with Gasteiger partial charge in [-0.05, 0) is 36.4 Å². The van der Waals surface area contributed by atoms with Crippen LogP contribution in [-0.2, 0) is 5.75 Å². The molecule has 4 aromatic rings. The smallest absolute Gasteiger partial charge is 0.232 e. The molecule has 0 aliphatic heterocycles. The third kappa shape index (κ3) is 4.66. The number of hydrogen-bond acceptors (Lipinski definition) is 8. The maximum absolute atomic E-state index is 13.1. The number of imidazole rings is 1. The summed E-state index contributed by atoms with van der Waals surface area (Å²) in [4.78, 5) is 17.1. The topological polar surface area (TPSA) is 104 Å². The number of nitrogen functional groups attached to an aromatic ring is 1. The van der Waals surface area contributed by atoms with Crippen molar-refractivity contribution in [1.82, 2.24) is 24.5 Å². The molecule has 0 saturated heterocycles. The van der Waals surface area contributed by atoms with Crippen molar-refractivity contribution in [1.29, 1.82) is 0 Å². The minimum Gasteiger partial charge on any atom is -0.497 e. The fourth-order valence-electron chi connectivity index (χ4n) is 2.70. The van der Waals surface area contributed by atoms with Crippen LogP contribution in [0.2, 0.25) is 0 Å². The summed E-state index contributed by atoms with van der Waals surface area (Å²) >= 11 is 1.47. The Hall–Kier alpha value is -3.66. The molecule has 0 bridgehead atoms. The Bertz CT molecular complexity index is 1150. The highest BCUT2D eigenvalue weighted by atomic mass is 32.2. The number of rotatable bonds is 7. The van der Waals surface area contributed by atoms with Gasteiger partial charge in [-0.3, -0.25) is 4.57 Å². The monoisotopic (exact) mass is 423 g/mol. The molecule has 152 valence electrons. The second-order valence-electron chi connectivity index (χ2n) is 6.14. The fourth-order valence-corrected chi connectivity index (χ4v) is 3.53. The number of aromatic nitrogens is 5. The molecule has 4 rings (SSSR count). The van der Waals surface area contributed by atoms with Crippen molar-refractivity contribution < 1.29 is 9.13 Å². The molecule has 0 atom stereocenters. The van der Waals surface area contributed by atoms with Crippen molar-refractivity contribution in [3.63, 3.8) is 0 Å². The van der Waals surface area contributed by atoms with Crippen LogP contribution in [0.5, 0.6) is 5.75 Å². The van der Waals surface area contributed by atoms with Crippen LogP contribution in [0.1, 0.15) is 5.82 Å². The Labute approximate surface area is 176 Å². The van der Waals surface area contributed by atoms with Crippen LogP contribution in [-0.4, -0.2) is 31.6 Å². The summed E-state index contributed by atoms with van der Waals surface area (Å²) in [5.74, 6) is 1.77. The summed E-state index contributed by atoms with van der Waals surface area (Å²) in [7, 11) is 1.63. The molecule has 2 aromatic carbocycles. The Kier molecular flexibility index (Phi) is 5.75. The van der Waals surface area contributed by atoms with Crippen LogP contribution in [0.15, 0.2) is 66.1 Å². The molecule has 0 amide bonds. The zero-order valence-electron chi connectivity index (χ0n) is 16.0. The molecule has 10 heteroatoms. The lowest BCUT2D eigenvalue weighted by atomic mass is 10.3. The maximum atomic E-state index is 13.1. The van der Waals surface area contributed by atoms with Gasteiger partial charge in [0.15, 0.2) is 5.16 Å². The first-order chi connectivity index (χ1) is 14.6. The van der Waals surface area contributed by atoms with Gasteiger partial charge in [0.25, 0.3) is 0 Å². The lowest BCUT2D eigenvalue weighted by Gasteiger charge is -2.09. The van der Waals surface area contributed by atoms with E-state index in [4.69, 9.17) is 10.5 Å². The predicted molar refractivity (Wildman–Crippen MR) is 114 cm³/mol. The van der Waals surface area contributed by atoms with Gasteiger partial charge in [0.05, 0.1) is 18.6 Å². The van der Waals surface area contributed by atoms with Gasteiger partial charge >= 0.3 is 0 Å². The first-order valence-electron chi connectivity index (χ1n) is 8.94. The number of methoxy groups -OCH3 is 1. The van der Waals surface area contributed by atoms with Gasteiger partial charge in [0, 0.05) is 24.1 Å². The number of ether oxygens (including phenoxy) is 1. The summed E-state index contributed by atoms with van der Waals surface area (Å²) in [5, 5.41) is 3.78. The molecule has 0 fully saturated rings. The molecular formula is C20H18FN7OS. The van der Waals surface area contributed by atoms with E-state index in [1.54, 1.807) is 25.4 Å². The SMILES string of the molecule is COc1cccc(-n2ccnc2SCc2nc(N)nc(Nc3ccc(F)cc3)n2)c1. The van der Waals surface area contributed by atoms with Crippen LogP contribution < -0.4 is 15.8 Å². The number of nitrogens with zero attached hydrogens (tertiary/aromatic N) is 5. The highest BCUT2D eigenvalue weighted by molar-refractivity contribution is 7.98. The number of anilines is 3. The van der Waals surface area contributed by atoms with Gasteiger partial charge in [0.1, 0.15) is 17.4 Å². The number of halogens is 1. The quantitative estimate of drug-likeness (QED) is 0.432. The van der Waals surface area contributed by atoms with Crippen molar-refractivity contribution >= 4 is 29.3 Å². The van der Waals surface area contributed by atoms with Crippen LogP contribution in [0, 0.1) is 5.82 Å². The molecule has 3 N–H and O–H groups in total. The van der Waals surface area contributed by atoms with Crippen molar-refractivity contribution in [2.75, 3.05) is 18.2 Å². The first-order valence-corrected chi connectivity index (χ1v) is 9.93. The van der Waals surface area contributed by atoms with E-state index in [0.717, 1.165) is 16.6 Å². The molecule has 0 saturated carbocycles. The Balaban J connectivity index is 1.50. The van der Waals surface area contributed by atoms with Gasteiger partial charge in [0.2, 0.25) is 11.9 Å². The summed E-state index contributed by atoms with van der Waals surface area (Å²) < 4.78 is 20.3. The molecule has 2 heterocycles. The number of hydrogen-bond donors (Lipinski definition) is 2. The van der Waals surface area contributed by atoms with Crippen LogP contribution >= 0.6 is 11.8 Å². The van der Waals surface area contributed by atoms with Crippen molar-refractivity contribution in [2.45, 2.75) is 10.9 Å². The summed E-state index contributed by atoms with van der Waals surface area (Å²) in [6.07, 6.45) is 3.60. The fraction of sp³-hybridized carbons (Fsp3) is 0.100. The third-order valence-corrected chi connectivity index (χ3v) is 5.03. The molecule has 0 unspecified atom stereocenters. The molecule has 0 aliphatic rings. The maximum Gasteiger partial charge on any atom is 0.232 e. The van der Waals surface area contributed by atoms with E-state index in [-0.39, 0.29) is 11.8 Å². The molecule has 0 radical (unpaired) electrons. The van der Waals surface area contributed by atoms with E-state index in [1.165, 1.54) is 23.9 Å². The predicted octanol–water partition coefficient (Wildman–Crippen LogP) is 3.82. The Morgan fingerprint density at radius 2 is 1.97 bits per heavy atom. The third-order valence-electron chi connectivity index (χ3n) is 4.07. The average Bonchev–Trinajstić information content (AvgIpc) is 3.22. The first kappa shape index (κ1) is 19.6. The van der Waals surface area contributed by atoms with Gasteiger partial charge in [-0.25, -0.2) is 9.37 Å². The molecule has 8 nitrogen and oxygen atoms in total. The lowest BCUT2D eigenvalue weighted by Crippen LogP contribution is -2.07. The highest BCUT2D eigenvalue weighted by Gasteiger charge is 2.10. The van der Waals surface area contributed by atoms with E-state index in [1.807, 2.05) is 35.0 Å². The van der Waals surface area contributed by atoms with Gasteiger partial charge in [-0.1, -0.05) is 17.8 Å². The molecular weight excluding hydrogens is 405 g/mol. The van der Waals surface area contributed by atoms with Crippen LogP contribution in [0.25, 0.3) is 5.69 Å². The molecule has 0 aliphatic carbocycles. The number of benzene rings is 2. The van der Waals surface area contributed by atoms with Crippen molar-refractivity contribution in [3.8, 4) is 11.4 Å². The normalized spacial score (nSPS) is 10.7. The zero-order chi connectivity index (χ0) is 20.9. The van der Waals surface area contributed by atoms with E-state index in [2.05, 4.69) is 25.3 Å². The second kappa shape index (κ2) is 8.78. The number of thioether (sulfide) groups is 1. The molecule has 30 heavy (non-hydrogen) atoms. The van der Waals surface area contributed by atoms with Crippen LogP contribution in [0.3, 0.4) is 0 Å². The molecule has 2 aromatic heterocycles. The largest absolute Gasteiger partial charge is 0.497 e. The van der Waals surface area contributed by atoms with E-state index in [9.17, 15) is 4.39 Å². The Morgan fingerprint density at radius 1 is 1.13 bits per heavy atom.